The zero-order chi connectivity index (χ0) is 19.8. The van der Waals surface area contributed by atoms with Crippen LogP contribution in [-0.4, -0.2) is 19.7 Å². The van der Waals surface area contributed by atoms with Gasteiger partial charge >= 0.3 is 5.69 Å². The standard InChI is InChI=1S/C20H17FN4O3/c1-11(2)10-25-19(26)15-8-5-13(9-16(15)22-20(25)27)18-23-17(24-28-18)12-3-6-14(21)7-4-12/h3-9,11H,10H2,1-2H3,(H,22,27). The number of aromatic nitrogens is 4. The fraction of sp³-hybridized carbons (Fsp3) is 0.200. The fourth-order valence-corrected chi connectivity index (χ4v) is 2.98. The number of nitrogens with zero attached hydrogens (tertiary/aromatic N) is 3. The van der Waals surface area contributed by atoms with Crippen molar-refractivity contribution in [3.05, 3.63) is 69.1 Å². The van der Waals surface area contributed by atoms with Gasteiger partial charge in [-0.15, -0.1) is 0 Å². The van der Waals surface area contributed by atoms with E-state index in [9.17, 15) is 14.0 Å². The van der Waals surface area contributed by atoms with E-state index in [1.165, 1.54) is 16.7 Å². The summed E-state index contributed by atoms with van der Waals surface area (Å²) in [5, 5.41) is 4.31. The molecule has 0 amide bonds. The molecule has 0 unspecified atom stereocenters. The van der Waals surface area contributed by atoms with Gasteiger partial charge in [0.25, 0.3) is 11.4 Å². The molecule has 2 aromatic carbocycles. The Hall–Kier alpha value is -3.55. The Morgan fingerprint density at radius 2 is 1.82 bits per heavy atom. The summed E-state index contributed by atoms with van der Waals surface area (Å²) in [5.41, 5.74) is 0.777. The highest BCUT2D eigenvalue weighted by atomic mass is 19.1. The van der Waals surface area contributed by atoms with Crippen molar-refractivity contribution in [2.75, 3.05) is 0 Å². The molecule has 4 aromatic rings. The zero-order valence-electron chi connectivity index (χ0n) is 15.3. The van der Waals surface area contributed by atoms with Crippen molar-refractivity contribution in [2.45, 2.75) is 20.4 Å². The highest BCUT2D eigenvalue weighted by Gasteiger charge is 2.14. The molecule has 2 aromatic heterocycles. The Balaban J connectivity index is 1.75. The molecule has 0 bridgehead atoms. The van der Waals surface area contributed by atoms with Crippen LogP contribution in [0, 0.1) is 11.7 Å². The molecule has 2 heterocycles. The quantitative estimate of drug-likeness (QED) is 0.587. The SMILES string of the molecule is CC(C)Cn1c(=O)[nH]c2cc(-c3nc(-c4ccc(F)cc4)no3)ccc2c1=O. The molecule has 1 N–H and O–H groups in total. The Bertz CT molecular complexity index is 1270. The summed E-state index contributed by atoms with van der Waals surface area (Å²) in [4.78, 5) is 31.9. The maximum Gasteiger partial charge on any atom is 0.328 e. The molecule has 0 aliphatic heterocycles. The van der Waals surface area contributed by atoms with Crippen LogP contribution in [0.1, 0.15) is 13.8 Å². The number of hydrogen-bond donors (Lipinski definition) is 1. The van der Waals surface area contributed by atoms with E-state index < -0.39 is 5.69 Å². The van der Waals surface area contributed by atoms with Crippen molar-refractivity contribution in [3.8, 4) is 22.8 Å². The van der Waals surface area contributed by atoms with Crippen LogP contribution in [0.5, 0.6) is 0 Å². The first kappa shape index (κ1) is 17.8. The number of hydrogen-bond acceptors (Lipinski definition) is 5. The second kappa shape index (κ2) is 6.88. The van der Waals surface area contributed by atoms with Crippen LogP contribution in [-0.2, 0) is 6.54 Å². The minimum absolute atomic E-state index is 0.166. The zero-order valence-corrected chi connectivity index (χ0v) is 15.3. The third kappa shape index (κ3) is 3.24. The summed E-state index contributed by atoms with van der Waals surface area (Å²) in [6, 6.07) is 10.7. The molecule has 142 valence electrons. The van der Waals surface area contributed by atoms with E-state index >= 15 is 0 Å². The first-order valence-electron chi connectivity index (χ1n) is 8.79. The van der Waals surface area contributed by atoms with Gasteiger partial charge in [0.15, 0.2) is 0 Å². The van der Waals surface area contributed by atoms with Crippen LogP contribution in [0.25, 0.3) is 33.7 Å². The molecular weight excluding hydrogens is 363 g/mol. The highest BCUT2D eigenvalue weighted by molar-refractivity contribution is 5.82. The molecule has 0 fully saturated rings. The number of fused-ring (bicyclic) bond motifs is 1. The minimum Gasteiger partial charge on any atom is -0.334 e. The van der Waals surface area contributed by atoms with E-state index in [0.29, 0.717) is 34.4 Å². The average molecular weight is 380 g/mol. The number of nitrogens with one attached hydrogen (secondary N) is 1. The van der Waals surface area contributed by atoms with E-state index in [0.717, 1.165) is 0 Å². The van der Waals surface area contributed by atoms with Crippen molar-refractivity contribution in [1.82, 2.24) is 19.7 Å². The lowest BCUT2D eigenvalue weighted by Gasteiger charge is -2.08. The van der Waals surface area contributed by atoms with Crippen molar-refractivity contribution in [3.63, 3.8) is 0 Å². The predicted molar refractivity (Wildman–Crippen MR) is 102 cm³/mol. The Kier molecular flexibility index (Phi) is 4.38. The molecule has 28 heavy (non-hydrogen) atoms. The maximum absolute atomic E-state index is 13.1. The molecule has 8 heteroatoms. The smallest absolute Gasteiger partial charge is 0.328 e. The maximum atomic E-state index is 13.1. The average Bonchev–Trinajstić information content (AvgIpc) is 3.15. The van der Waals surface area contributed by atoms with Crippen LogP contribution >= 0.6 is 0 Å². The van der Waals surface area contributed by atoms with E-state index in [-0.39, 0.29) is 23.2 Å². The molecular formula is C20H17FN4O3. The lowest BCUT2D eigenvalue weighted by molar-refractivity contribution is 0.432. The highest BCUT2D eigenvalue weighted by Crippen LogP contribution is 2.24. The first-order valence-corrected chi connectivity index (χ1v) is 8.79. The third-order valence-electron chi connectivity index (χ3n) is 4.31. The number of halogens is 1. The summed E-state index contributed by atoms with van der Waals surface area (Å²) < 4.78 is 19.6. The monoisotopic (exact) mass is 380 g/mol. The Morgan fingerprint density at radius 1 is 1.11 bits per heavy atom. The molecule has 0 saturated carbocycles. The number of benzene rings is 2. The summed E-state index contributed by atoms with van der Waals surface area (Å²) >= 11 is 0. The van der Waals surface area contributed by atoms with Gasteiger partial charge < -0.3 is 9.51 Å². The van der Waals surface area contributed by atoms with Gasteiger partial charge in [-0.1, -0.05) is 19.0 Å². The van der Waals surface area contributed by atoms with Crippen LogP contribution in [0.3, 0.4) is 0 Å². The van der Waals surface area contributed by atoms with Crippen LogP contribution in [0.2, 0.25) is 0 Å². The molecule has 0 spiro atoms. The number of H-pyrrole nitrogens is 1. The molecule has 0 saturated heterocycles. The van der Waals surface area contributed by atoms with Gasteiger partial charge in [-0.2, -0.15) is 4.98 Å². The van der Waals surface area contributed by atoms with E-state index in [1.807, 2.05) is 13.8 Å². The second-order valence-electron chi connectivity index (χ2n) is 6.93. The number of aromatic amines is 1. The molecule has 0 atom stereocenters. The van der Waals surface area contributed by atoms with Gasteiger partial charge in [0.2, 0.25) is 5.82 Å². The Morgan fingerprint density at radius 3 is 2.54 bits per heavy atom. The number of rotatable bonds is 4. The van der Waals surface area contributed by atoms with Crippen molar-refractivity contribution >= 4 is 10.9 Å². The van der Waals surface area contributed by atoms with Crippen LogP contribution in [0.4, 0.5) is 4.39 Å². The van der Waals surface area contributed by atoms with Crippen LogP contribution in [0.15, 0.2) is 56.6 Å². The summed E-state index contributed by atoms with van der Waals surface area (Å²) in [6.45, 7) is 4.22. The summed E-state index contributed by atoms with van der Waals surface area (Å²) in [6.07, 6.45) is 0. The summed E-state index contributed by atoms with van der Waals surface area (Å²) in [5.74, 6) is 0.359. The van der Waals surface area contributed by atoms with Gasteiger partial charge in [-0.05, 0) is 48.4 Å². The lowest BCUT2D eigenvalue weighted by Crippen LogP contribution is -2.36. The molecule has 4 rings (SSSR count). The Labute approximate surface area is 158 Å². The van der Waals surface area contributed by atoms with Crippen molar-refractivity contribution in [2.24, 2.45) is 5.92 Å². The van der Waals surface area contributed by atoms with Gasteiger partial charge in [-0.25, -0.2) is 9.18 Å². The molecule has 7 nitrogen and oxygen atoms in total. The van der Waals surface area contributed by atoms with Gasteiger partial charge in [0.1, 0.15) is 5.82 Å². The molecule has 0 aliphatic carbocycles. The van der Waals surface area contributed by atoms with Crippen molar-refractivity contribution in [1.29, 1.82) is 0 Å². The lowest BCUT2D eigenvalue weighted by atomic mass is 10.1. The van der Waals surface area contributed by atoms with E-state index in [4.69, 9.17) is 4.52 Å². The van der Waals surface area contributed by atoms with E-state index in [1.54, 1.807) is 30.3 Å². The fourth-order valence-electron chi connectivity index (χ4n) is 2.98. The largest absolute Gasteiger partial charge is 0.334 e. The third-order valence-corrected chi connectivity index (χ3v) is 4.31. The predicted octanol–water partition coefficient (Wildman–Crippen LogP) is 3.20. The normalized spacial score (nSPS) is 11.4. The van der Waals surface area contributed by atoms with Crippen molar-refractivity contribution < 1.29 is 8.91 Å². The van der Waals surface area contributed by atoms with Gasteiger partial charge in [0, 0.05) is 17.7 Å². The second-order valence-corrected chi connectivity index (χ2v) is 6.93. The first-order chi connectivity index (χ1) is 13.4. The minimum atomic E-state index is -0.458. The topological polar surface area (TPSA) is 93.8 Å². The molecule has 0 aliphatic rings. The van der Waals surface area contributed by atoms with E-state index in [2.05, 4.69) is 15.1 Å². The van der Waals surface area contributed by atoms with Gasteiger partial charge in [0.05, 0.1) is 10.9 Å². The van der Waals surface area contributed by atoms with Crippen LogP contribution < -0.4 is 11.2 Å². The summed E-state index contributed by atoms with van der Waals surface area (Å²) in [7, 11) is 0. The van der Waals surface area contributed by atoms with Gasteiger partial charge in [-0.3, -0.25) is 9.36 Å². The molecule has 0 radical (unpaired) electrons.